The van der Waals surface area contributed by atoms with Crippen LogP contribution in [0.4, 0.5) is 4.79 Å². The van der Waals surface area contributed by atoms with Crippen LogP contribution in [-0.2, 0) is 6.54 Å². The lowest BCUT2D eigenvalue weighted by atomic mass is 10.0. The Balaban J connectivity index is 1.47. The highest BCUT2D eigenvalue weighted by atomic mass is 16.3. The van der Waals surface area contributed by atoms with Crippen LogP contribution in [-0.4, -0.2) is 47.3 Å². The molecular weight excluding hydrogens is 302 g/mol. The molecule has 0 spiro atoms. The molecule has 1 aromatic carbocycles. The zero-order chi connectivity index (χ0) is 16.8. The number of likely N-dealkylation sites (tertiary alicyclic amines) is 1. The Morgan fingerprint density at radius 1 is 1.25 bits per heavy atom. The van der Waals surface area contributed by atoms with E-state index in [1.165, 1.54) is 5.56 Å². The van der Waals surface area contributed by atoms with Crippen LogP contribution in [0.25, 0.3) is 0 Å². The summed E-state index contributed by atoms with van der Waals surface area (Å²) in [4.78, 5) is 14.3. The van der Waals surface area contributed by atoms with Gasteiger partial charge in [0.15, 0.2) is 0 Å². The quantitative estimate of drug-likeness (QED) is 0.724. The van der Waals surface area contributed by atoms with Crippen molar-refractivity contribution >= 4 is 6.03 Å². The molecule has 0 bridgehead atoms. The van der Waals surface area contributed by atoms with E-state index in [4.69, 9.17) is 0 Å². The van der Waals surface area contributed by atoms with Gasteiger partial charge >= 0.3 is 6.03 Å². The van der Waals surface area contributed by atoms with E-state index < -0.39 is 0 Å². The molecular formula is C19H27N3O2. The summed E-state index contributed by atoms with van der Waals surface area (Å²) in [6.45, 7) is 2.04. The van der Waals surface area contributed by atoms with Crippen LogP contribution in [0.5, 0.6) is 0 Å². The molecule has 24 heavy (non-hydrogen) atoms. The van der Waals surface area contributed by atoms with Crippen LogP contribution in [0.2, 0.25) is 0 Å². The first-order chi connectivity index (χ1) is 11.7. The van der Waals surface area contributed by atoms with Gasteiger partial charge in [-0.1, -0.05) is 42.5 Å². The zero-order valence-corrected chi connectivity index (χ0v) is 14.0. The Bertz CT molecular complexity index is 561. The minimum absolute atomic E-state index is 0.101. The van der Waals surface area contributed by atoms with Crippen molar-refractivity contribution in [2.75, 3.05) is 13.1 Å². The molecule has 1 saturated heterocycles. The average molecular weight is 329 g/mol. The van der Waals surface area contributed by atoms with Crippen LogP contribution in [0.1, 0.15) is 31.2 Å². The lowest BCUT2D eigenvalue weighted by Gasteiger charge is -2.25. The van der Waals surface area contributed by atoms with Gasteiger partial charge in [-0.15, -0.1) is 0 Å². The molecule has 5 nitrogen and oxygen atoms in total. The van der Waals surface area contributed by atoms with E-state index in [-0.39, 0.29) is 24.2 Å². The van der Waals surface area contributed by atoms with Gasteiger partial charge in [-0.25, -0.2) is 4.79 Å². The summed E-state index contributed by atoms with van der Waals surface area (Å²) in [6.07, 6.45) is 7.64. The molecule has 5 heteroatoms. The smallest absolute Gasteiger partial charge is 0.315 e. The first-order valence-corrected chi connectivity index (χ1v) is 8.86. The number of urea groups is 1. The number of aliphatic hydroxyl groups is 1. The van der Waals surface area contributed by atoms with Gasteiger partial charge in [0.05, 0.1) is 6.10 Å². The number of rotatable bonds is 5. The van der Waals surface area contributed by atoms with Crippen LogP contribution < -0.4 is 10.6 Å². The fraction of sp³-hybridized carbons (Fsp3) is 0.526. The van der Waals surface area contributed by atoms with E-state index in [0.717, 1.165) is 25.8 Å². The molecule has 0 radical (unpaired) electrons. The van der Waals surface area contributed by atoms with Crippen LogP contribution in [0.15, 0.2) is 42.5 Å². The van der Waals surface area contributed by atoms with E-state index >= 15 is 0 Å². The second-order valence-corrected chi connectivity index (χ2v) is 6.79. The molecule has 1 aliphatic carbocycles. The summed E-state index contributed by atoms with van der Waals surface area (Å²) in [5.74, 6) is 0. The van der Waals surface area contributed by atoms with Crippen LogP contribution >= 0.6 is 0 Å². The molecule has 1 aromatic rings. The van der Waals surface area contributed by atoms with Gasteiger partial charge < -0.3 is 15.7 Å². The lowest BCUT2D eigenvalue weighted by Crippen LogP contribution is -2.46. The van der Waals surface area contributed by atoms with Crippen molar-refractivity contribution in [3.05, 3.63) is 48.0 Å². The third kappa shape index (κ3) is 4.82. The Morgan fingerprint density at radius 2 is 2.08 bits per heavy atom. The Morgan fingerprint density at radius 3 is 2.83 bits per heavy atom. The van der Waals surface area contributed by atoms with Gasteiger partial charge in [0, 0.05) is 31.7 Å². The predicted octanol–water partition coefficient (Wildman–Crippen LogP) is 2.03. The van der Waals surface area contributed by atoms with Gasteiger partial charge in [-0.2, -0.15) is 0 Å². The SMILES string of the molecule is O=C(NCC1CC(O)CN1Cc1ccccc1)NC1CC=CCC1. The second-order valence-electron chi connectivity index (χ2n) is 6.79. The van der Waals surface area contributed by atoms with E-state index in [0.29, 0.717) is 19.5 Å². The number of benzene rings is 1. The summed E-state index contributed by atoms with van der Waals surface area (Å²) in [7, 11) is 0. The summed E-state index contributed by atoms with van der Waals surface area (Å²) >= 11 is 0. The first-order valence-electron chi connectivity index (χ1n) is 8.86. The first kappa shape index (κ1) is 17.0. The normalized spacial score (nSPS) is 27.1. The second kappa shape index (κ2) is 8.31. The summed E-state index contributed by atoms with van der Waals surface area (Å²) in [5, 5.41) is 16.0. The molecule has 3 atom stereocenters. The number of carbonyl (C=O) groups is 1. The lowest BCUT2D eigenvalue weighted by molar-refractivity contribution is 0.172. The molecule has 2 amide bonds. The number of amides is 2. The number of hydrogen-bond donors (Lipinski definition) is 3. The molecule has 3 N–H and O–H groups in total. The van der Waals surface area contributed by atoms with Crippen molar-refractivity contribution in [3.8, 4) is 0 Å². The summed E-state index contributed by atoms with van der Waals surface area (Å²) in [5.41, 5.74) is 1.23. The van der Waals surface area contributed by atoms with Crippen LogP contribution in [0.3, 0.4) is 0 Å². The van der Waals surface area contributed by atoms with Gasteiger partial charge in [-0.05, 0) is 31.2 Å². The monoisotopic (exact) mass is 329 g/mol. The Kier molecular flexibility index (Phi) is 5.88. The highest BCUT2D eigenvalue weighted by Gasteiger charge is 2.31. The highest BCUT2D eigenvalue weighted by molar-refractivity contribution is 5.74. The topological polar surface area (TPSA) is 64.6 Å². The van der Waals surface area contributed by atoms with E-state index in [9.17, 15) is 9.90 Å². The van der Waals surface area contributed by atoms with Crippen LogP contribution in [0, 0.1) is 0 Å². The third-order valence-corrected chi connectivity index (χ3v) is 4.84. The Labute approximate surface area is 143 Å². The summed E-state index contributed by atoms with van der Waals surface area (Å²) in [6, 6.07) is 10.6. The number of hydrogen-bond acceptors (Lipinski definition) is 3. The molecule has 3 unspecified atom stereocenters. The maximum absolute atomic E-state index is 12.1. The molecule has 2 aliphatic rings. The molecule has 1 heterocycles. The van der Waals surface area contributed by atoms with Crippen molar-refractivity contribution in [2.45, 2.75) is 50.4 Å². The standard InChI is InChI=1S/C19H27N3O2/c23-18-11-17(22(14-18)13-15-7-3-1-4-8-15)12-20-19(24)21-16-9-5-2-6-10-16/h1-5,7-8,16-18,23H,6,9-14H2,(H2,20,21,24). The maximum atomic E-state index is 12.1. The molecule has 0 aromatic heterocycles. The van der Waals surface area contributed by atoms with E-state index in [2.05, 4.69) is 39.8 Å². The molecule has 3 rings (SSSR count). The number of aliphatic hydroxyl groups excluding tert-OH is 1. The number of nitrogens with zero attached hydrogens (tertiary/aromatic N) is 1. The number of nitrogens with one attached hydrogen (secondary N) is 2. The van der Waals surface area contributed by atoms with Crippen molar-refractivity contribution in [1.29, 1.82) is 0 Å². The van der Waals surface area contributed by atoms with Crippen molar-refractivity contribution in [1.82, 2.24) is 15.5 Å². The molecule has 1 aliphatic heterocycles. The zero-order valence-electron chi connectivity index (χ0n) is 14.0. The van der Waals surface area contributed by atoms with Gasteiger partial charge in [0.1, 0.15) is 0 Å². The Hall–Kier alpha value is -1.85. The minimum Gasteiger partial charge on any atom is -0.392 e. The number of carbonyl (C=O) groups excluding carboxylic acids is 1. The predicted molar refractivity (Wildman–Crippen MR) is 94.6 cm³/mol. The van der Waals surface area contributed by atoms with Gasteiger partial charge in [-0.3, -0.25) is 4.90 Å². The van der Waals surface area contributed by atoms with Gasteiger partial charge in [0.25, 0.3) is 0 Å². The fourth-order valence-corrected chi connectivity index (χ4v) is 3.55. The maximum Gasteiger partial charge on any atom is 0.315 e. The minimum atomic E-state index is -0.313. The molecule has 1 fully saturated rings. The highest BCUT2D eigenvalue weighted by Crippen LogP contribution is 2.20. The van der Waals surface area contributed by atoms with Crippen molar-refractivity contribution in [3.63, 3.8) is 0 Å². The molecule has 130 valence electrons. The third-order valence-electron chi connectivity index (χ3n) is 4.84. The largest absolute Gasteiger partial charge is 0.392 e. The number of β-amino-alcohol motifs (C(OH)–C–C–N with tert-alkyl or cyclic N) is 1. The van der Waals surface area contributed by atoms with Crippen molar-refractivity contribution in [2.24, 2.45) is 0 Å². The van der Waals surface area contributed by atoms with Gasteiger partial charge in [0.2, 0.25) is 0 Å². The van der Waals surface area contributed by atoms with E-state index in [1.807, 2.05) is 18.2 Å². The number of allylic oxidation sites excluding steroid dienone is 1. The summed E-state index contributed by atoms with van der Waals surface area (Å²) < 4.78 is 0. The van der Waals surface area contributed by atoms with E-state index in [1.54, 1.807) is 0 Å². The fourth-order valence-electron chi connectivity index (χ4n) is 3.55. The average Bonchev–Trinajstić information content (AvgIpc) is 2.94. The van der Waals surface area contributed by atoms with Crippen molar-refractivity contribution < 1.29 is 9.90 Å². The molecule has 0 saturated carbocycles.